The molecule has 3 aromatic rings. The lowest BCUT2D eigenvalue weighted by atomic mass is 10.1. The quantitative estimate of drug-likeness (QED) is 0.762. The second-order valence-electron chi connectivity index (χ2n) is 5.62. The molecule has 3 rings (SSSR count). The Kier molecular flexibility index (Phi) is 4.40. The standard InChI is InChI=1S/C18H19N3O2S/c1-10-8-14-15(19)16(24-18(14)21-11(10)2)17(22)20-9-12-4-6-13(23-3)7-5-12/h4-8H,9,19H2,1-3H3,(H,20,22). The first kappa shape index (κ1) is 16.3. The number of anilines is 1. The minimum Gasteiger partial charge on any atom is -0.497 e. The van der Waals surface area contributed by atoms with Crippen molar-refractivity contribution in [3.05, 3.63) is 52.0 Å². The Morgan fingerprint density at radius 1 is 1.29 bits per heavy atom. The largest absolute Gasteiger partial charge is 0.497 e. The Morgan fingerprint density at radius 3 is 2.67 bits per heavy atom. The average Bonchev–Trinajstić information content (AvgIpc) is 2.90. The summed E-state index contributed by atoms with van der Waals surface area (Å²) in [6.07, 6.45) is 0. The van der Waals surface area contributed by atoms with Crippen LogP contribution in [0.25, 0.3) is 10.2 Å². The molecule has 0 aliphatic carbocycles. The monoisotopic (exact) mass is 341 g/mol. The molecule has 0 atom stereocenters. The van der Waals surface area contributed by atoms with E-state index in [1.54, 1.807) is 7.11 Å². The maximum Gasteiger partial charge on any atom is 0.263 e. The molecule has 0 radical (unpaired) electrons. The van der Waals surface area contributed by atoms with Crippen molar-refractivity contribution in [1.29, 1.82) is 0 Å². The number of thiophene rings is 1. The molecule has 0 aliphatic heterocycles. The third-order valence-corrected chi connectivity index (χ3v) is 5.10. The van der Waals surface area contributed by atoms with Gasteiger partial charge in [0.2, 0.25) is 0 Å². The molecule has 3 N–H and O–H groups in total. The van der Waals surface area contributed by atoms with Gasteiger partial charge in [-0.3, -0.25) is 4.79 Å². The summed E-state index contributed by atoms with van der Waals surface area (Å²) < 4.78 is 5.12. The zero-order valence-corrected chi connectivity index (χ0v) is 14.7. The SMILES string of the molecule is COc1ccc(CNC(=O)c2sc3nc(C)c(C)cc3c2N)cc1. The average molecular weight is 341 g/mol. The van der Waals surface area contributed by atoms with E-state index in [2.05, 4.69) is 10.3 Å². The molecule has 0 saturated carbocycles. The Hall–Kier alpha value is -2.60. The van der Waals surface area contributed by atoms with E-state index in [0.29, 0.717) is 17.1 Å². The molecule has 1 aromatic carbocycles. The van der Waals surface area contributed by atoms with Crippen molar-refractivity contribution >= 4 is 33.1 Å². The number of hydrogen-bond acceptors (Lipinski definition) is 5. The molecule has 1 amide bonds. The number of fused-ring (bicyclic) bond motifs is 1. The van der Waals surface area contributed by atoms with Gasteiger partial charge in [0, 0.05) is 17.6 Å². The van der Waals surface area contributed by atoms with Gasteiger partial charge in [-0.15, -0.1) is 11.3 Å². The van der Waals surface area contributed by atoms with Gasteiger partial charge in [-0.2, -0.15) is 0 Å². The third kappa shape index (κ3) is 3.05. The number of benzene rings is 1. The van der Waals surface area contributed by atoms with Crippen molar-refractivity contribution in [3.63, 3.8) is 0 Å². The molecular formula is C18H19N3O2S. The van der Waals surface area contributed by atoms with E-state index < -0.39 is 0 Å². The third-order valence-electron chi connectivity index (χ3n) is 3.98. The van der Waals surface area contributed by atoms with Gasteiger partial charge >= 0.3 is 0 Å². The van der Waals surface area contributed by atoms with Crippen LogP contribution in [0.1, 0.15) is 26.5 Å². The smallest absolute Gasteiger partial charge is 0.263 e. The predicted octanol–water partition coefficient (Wildman–Crippen LogP) is 3.43. The van der Waals surface area contributed by atoms with Gasteiger partial charge in [0.15, 0.2) is 0 Å². The first-order valence-corrected chi connectivity index (χ1v) is 8.38. The number of nitrogens with zero attached hydrogens (tertiary/aromatic N) is 1. The van der Waals surface area contributed by atoms with Gasteiger partial charge in [-0.05, 0) is 43.2 Å². The number of rotatable bonds is 4. The lowest BCUT2D eigenvalue weighted by Crippen LogP contribution is -2.22. The van der Waals surface area contributed by atoms with Gasteiger partial charge in [0.1, 0.15) is 15.5 Å². The lowest BCUT2D eigenvalue weighted by Gasteiger charge is -2.06. The summed E-state index contributed by atoms with van der Waals surface area (Å²) >= 11 is 1.33. The first-order valence-electron chi connectivity index (χ1n) is 7.57. The van der Waals surface area contributed by atoms with Crippen LogP contribution in [0.4, 0.5) is 5.69 Å². The van der Waals surface area contributed by atoms with Gasteiger partial charge in [-0.1, -0.05) is 12.1 Å². The zero-order valence-electron chi connectivity index (χ0n) is 13.8. The molecule has 0 fully saturated rings. The van der Waals surface area contributed by atoms with Crippen LogP contribution < -0.4 is 15.8 Å². The molecule has 0 saturated heterocycles. The van der Waals surface area contributed by atoms with Crippen LogP contribution in [0.3, 0.4) is 0 Å². The Balaban J connectivity index is 1.79. The molecular weight excluding hydrogens is 322 g/mol. The molecule has 24 heavy (non-hydrogen) atoms. The maximum absolute atomic E-state index is 12.5. The number of pyridine rings is 1. The van der Waals surface area contributed by atoms with Crippen molar-refractivity contribution in [3.8, 4) is 5.75 Å². The minimum absolute atomic E-state index is 0.179. The molecule has 0 bridgehead atoms. The van der Waals surface area contributed by atoms with Crippen molar-refractivity contribution in [2.75, 3.05) is 12.8 Å². The van der Waals surface area contributed by atoms with Crippen LogP contribution in [-0.4, -0.2) is 18.0 Å². The van der Waals surface area contributed by atoms with Crippen molar-refractivity contribution in [2.45, 2.75) is 20.4 Å². The number of nitrogens with one attached hydrogen (secondary N) is 1. The van der Waals surface area contributed by atoms with Crippen LogP contribution in [0.2, 0.25) is 0 Å². The highest BCUT2D eigenvalue weighted by molar-refractivity contribution is 7.21. The summed E-state index contributed by atoms with van der Waals surface area (Å²) in [7, 11) is 1.62. The second kappa shape index (κ2) is 6.49. The van der Waals surface area contributed by atoms with Crippen molar-refractivity contribution < 1.29 is 9.53 Å². The first-order chi connectivity index (χ1) is 11.5. The topological polar surface area (TPSA) is 77.2 Å². The summed E-state index contributed by atoms with van der Waals surface area (Å²) in [4.78, 5) is 18.3. The molecule has 0 spiro atoms. The van der Waals surface area contributed by atoms with E-state index in [0.717, 1.165) is 32.8 Å². The highest BCUT2D eigenvalue weighted by Gasteiger charge is 2.17. The number of carbonyl (C=O) groups is 1. The Morgan fingerprint density at radius 2 is 2.00 bits per heavy atom. The van der Waals surface area contributed by atoms with Crippen molar-refractivity contribution in [2.24, 2.45) is 0 Å². The molecule has 6 heteroatoms. The van der Waals surface area contributed by atoms with E-state index in [-0.39, 0.29) is 5.91 Å². The fraction of sp³-hybridized carbons (Fsp3) is 0.222. The van der Waals surface area contributed by atoms with E-state index in [1.807, 2.05) is 44.2 Å². The van der Waals surface area contributed by atoms with Crippen molar-refractivity contribution in [1.82, 2.24) is 10.3 Å². The van der Waals surface area contributed by atoms with E-state index in [1.165, 1.54) is 11.3 Å². The summed E-state index contributed by atoms with van der Waals surface area (Å²) in [5.41, 5.74) is 9.67. The number of amides is 1. The number of methoxy groups -OCH3 is 1. The summed E-state index contributed by atoms with van der Waals surface area (Å²) in [6, 6.07) is 9.56. The molecule has 124 valence electrons. The zero-order chi connectivity index (χ0) is 17.3. The van der Waals surface area contributed by atoms with E-state index >= 15 is 0 Å². The molecule has 0 aliphatic rings. The Labute approximate surface area is 144 Å². The van der Waals surface area contributed by atoms with Crippen LogP contribution in [0, 0.1) is 13.8 Å². The number of ether oxygens (including phenoxy) is 1. The molecule has 2 aromatic heterocycles. The van der Waals surface area contributed by atoms with Gasteiger partial charge in [0.05, 0.1) is 12.8 Å². The lowest BCUT2D eigenvalue weighted by molar-refractivity contribution is 0.0956. The number of hydrogen-bond donors (Lipinski definition) is 2. The predicted molar refractivity (Wildman–Crippen MR) is 97.7 cm³/mol. The molecule has 2 heterocycles. The normalized spacial score (nSPS) is 10.8. The van der Waals surface area contributed by atoms with Gasteiger partial charge < -0.3 is 15.8 Å². The molecule has 5 nitrogen and oxygen atoms in total. The van der Waals surface area contributed by atoms with Crippen LogP contribution in [0.15, 0.2) is 30.3 Å². The highest BCUT2D eigenvalue weighted by atomic mass is 32.1. The van der Waals surface area contributed by atoms with Crippen LogP contribution in [-0.2, 0) is 6.54 Å². The highest BCUT2D eigenvalue weighted by Crippen LogP contribution is 2.33. The summed E-state index contributed by atoms with van der Waals surface area (Å²) in [5.74, 6) is 0.609. The fourth-order valence-electron chi connectivity index (χ4n) is 2.40. The van der Waals surface area contributed by atoms with Crippen LogP contribution >= 0.6 is 11.3 Å². The van der Waals surface area contributed by atoms with Crippen LogP contribution in [0.5, 0.6) is 5.75 Å². The van der Waals surface area contributed by atoms with E-state index in [9.17, 15) is 4.79 Å². The maximum atomic E-state index is 12.5. The number of nitrogen functional groups attached to an aromatic ring is 1. The minimum atomic E-state index is -0.179. The fourth-order valence-corrected chi connectivity index (χ4v) is 3.44. The number of nitrogens with two attached hydrogens (primary N) is 1. The summed E-state index contributed by atoms with van der Waals surface area (Å²) in [6.45, 7) is 4.37. The van der Waals surface area contributed by atoms with Gasteiger partial charge in [-0.25, -0.2) is 4.98 Å². The number of aryl methyl sites for hydroxylation is 2. The number of aromatic nitrogens is 1. The number of carbonyl (C=O) groups excluding carboxylic acids is 1. The second-order valence-corrected chi connectivity index (χ2v) is 6.62. The van der Waals surface area contributed by atoms with Gasteiger partial charge in [0.25, 0.3) is 5.91 Å². The molecule has 0 unspecified atom stereocenters. The Bertz CT molecular complexity index is 901. The summed E-state index contributed by atoms with van der Waals surface area (Å²) in [5, 5.41) is 3.75. The van der Waals surface area contributed by atoms with E-state index in [4.69, 9.17) is 10.5 Å².